The van der Waals surface area contributed by atoms with Crippen molar-refractivity contribution in [2.75, 3.05) is 13.1 Å². The fourth-order valence-electron chi connectivity index (χ4n) is 5.76. The molecule has 7 nitrogen and oxygen atoms in total. The van der Waals surface area contributed by atoms with Crippen LogP contribution in [0.1, 0.15) is 96.8 Å². The fraction of sp³-hybridized carbons (Fsp3) is 0.571. The molecule has 0 radical (unpaired) electrons. The van der Waals surface area contributed by atoms with Crippen molar-refractivity contribution >= 4 is 40.9 Å². The Balaban J connectivity index is 1.68. The van der Waals surface area contributed by atoms with Gasteiger partial charge in [-0.3, -0.25) is 19.1 Å². The van der Waals surface area contributed by atoms with Crippen molar-refractivity contribution < 1.29 is 32.7 Å². The van der Waals surface area contributed by atoms with Crippen molar-refractivity contribution in [3.8, 4) is 0 Å². The summed E-state index contributed by atoms with van der Waals surface area (Å²) in [5, 5.41) is 13.7. The number of ketones is 1. The first-order chi connectivity index (χ1) is 18.5. The molecule has 1 amide bonds. The first-order valence-corrected chi connectivity index (χ1v) is 14.0. The van der Waals surface area contributed by atoms with Gasteiger partial charge >= 0.3 is 12.1 Å². The molecule has 0 unspecified atom stereocenters. The lowest BCUT2D eigenvalue weighted by molar-refractivity contribution is -0.152. The van der Waals surface area contributed by atoms with Gasteiger partial charge in [0.15, 0.2) is 11.5 Å². The molecule has 0 saturated heterocycles. The molecule has 0 spiro atoms. The highest BCUT2D eigenvalue weighted by atomic mass is 35.5. The lowest BCUT2D eigenvalue weighted by atomic mass is 9.70. The second-order valence-corrected chi connectivity index (χ2v) is 12.6. The number of aryl methyl sites for hydroxylation is 1. The minimum Gasteiger partial charge on any atom is -0.481 e. The predicted octanol–water partition coefficient (Wildman–Crippen LogP) is 7.24. The van der Waals surface area contributed by atoms with Crippen molar-refractivity contribution in [3.63, 3.8) is 0 Å². The molecule has 4 rings (SSSR count). The van der Waals surface area contributed by atoms with Crippen LogP contribution in [0.25, 0.3) is 0 Å². The monoisotopic (exact) mass is 601 g/mol. The first kappa shape index (κ1) is 30.4. The number of carboxylic acids is 1. The van der Waals surface area contributed by atoms with Crippen molar-refractivity contribution in [3.05, 3.63) is 50.8 Å². The van der Waals surface area contributed by atoms with E-state index in [0.717, 1.165) is 40.6 Å². The zero-order chi connectivity index (χ0) is 29.6. The number of benzene rings is 1. The molecule has 12 heteroatoms. The Morgan fingerprint density at radius 3 is 2.15 bits per heavy atom. The number of carboxylic acid groups (broad SMARTS) is 1. The molecular formula is C28H32Cl2F3N3O4. The van der Waals surface area contributed by atoms with Crippen molar-refractivity contribution in [2.45, 2.75) is 77.9 Å². The third-order valence-electron chi connectivity index (χ3n) is 8.44. The number of amides is 1. The second kappa shape index (κ2) is 11.0. The highest BCUT2D eigenvalue weighted by Gasteiger charge is 2.46. The van der Waals surface area contributed by atoms with Gasteiger partial charge in [-0.2, -0.15) is 18.3 Å². The zero-order valence-corrected chi connectivity index (χ0v) is 24.1. The third kappa shape index (κ3) is 6.03. The van der Waals surface area contributed by atoms with Gasteiger partial charge in [-0.05, 0) is 75.5 Å². The van der Waals surface area contributed by atoms with Crippen LogP contribution < -0.4 is 0 Å². The van der Waals surface area contributed by atoms with Crippen LogP contribution in [-0.4, -0.2) is 50.5 Å². The van der Waals surface area contributed by atoms with E-state index in [2.05, 4.69) is 5.10 Å². The van der Waals surface area contributed by atoms with E-state index in [0.29, 0.717) is 0 Å². The number of nitrogens with zero attached hydrogens (tertiary/aromatic N) is 3. The highest BCUT2D eigenvalue weighted by Crippen LogP contribution is 2.44. The number of rotatable bonds is 8. The summed E-state index contributed by atoms with van der Waals surface area (Å²) in [6.07, 6.45) is -0.825. The van der Waals surface area contributed by atoms with Gasteiger partial charge in [0.2, 0.25) is 0 Å². The SMILES string of the molecule is Cc1cc(Cl)c(C(=O)CN(CC2(C)CCC2)C(=O)c2cnn(C3CCC(C)(C(=O)O)CC3)c2C(F)(F)F)c(Cl)c1. The van der Waals surface area contributed by atoms with E-state index in [1.807, 2.05) is 6.92 Å². The molecular weight excluding hydrogens is 570 g/mol. The van der Waals surface area contributed by atoms with Crippen LogP contribution in [0.15, 0.2) is 18.3 Å². The molecule has 1 N–H and O–H groups in total. The van der Waals surface area contributed by atoms with E-state index < -0.39 is 53.1 Å². The van der Waals surface area contributed by atoms with Crippen LogP contribution >= 0.6 is 23.2 Å². The lowest BCUT2D eigenvalue weighted by Gasteiger charge is -2.42. The summed E-state index contributed by atoms with van der Waals surface area (Å²) in [5.41, 5.74) is -2.44. The standard InChI is InChI=1S/C28H32Cl2F3N3O4/c1-16-11-19(29)22(20(30)12-16)21(37)14-35(15-26(2)7-4-8-26)24(38)18-13-34-36(23(18)28(31,32)33)17-5-9-27(3,10-6-17)25(39)40/h11-13,17H,4-10,14-15H2,1-3H3,(H,39,40). The number of Topliss-reactive ketones (excluding diaryl/α,β-unsaturated/α-hetero) is 1. The second-order valence-electron chi connectivity index (χ2n) is 11.8. The van der Waals surface area contributed by atoms with Gasteiger partial charge in [0.1, 0.15) is 0 Å². The summed E-state index contributed by atoms with van der Waals surface area (Å²) >= 11 is 12.6. The van der Waals surface area contributed by atoms with Crippen LogP contribution in [0.3, 0.4) is 0 Å². The van der Waals surface area contributed by atoms with Crippen LogP contribution in [0.5, 0.6) is 0 Å². The maximum Gasteiger partial charge on any atom is 0.433 e. The Morgan fingerprint density at radius 1 is 1.10 bits per heavy atom. The molecule has 40 heavy (non-hydrogen) atoms. The lowest BCUT2D eigenvalue weighted by Crippen LogP contribution is -2.46. The molecule has 1 heterocycles. The summed E-state index contributed by atoms with van der Waals surface area (Å²) in [6, 6.07) is 2.41. The summed E-state index contributed by atoms with van der Waals surface area (Å²) < 4.78 is 44.2. The van der Waals surface area contributed by atoms with Crippen molar-refractivity contribution in [2.24, 2.45) is 10.8 Å². The quantitative estimate of drug-likeness (QED) is 0.322. The largest absolute Gasteiger partial charge is 0.481 e. The van der Waals surface area contributed by atoms with Crippen LogP contribution in [0.2, 0.25) is 10.0 Å². The number of aromatic nitrogens is 2. The van der Waals surface area contributed by atoms with E-state index in [1.165, 1.54) is 0 Å². The van der Waals surface area contributed by atoms with Gasteiger partial charge in [0.05, 0.1) is 45.4 Å². The van der Waals surface area contributed by atoms with Crippen molar-refractivity contribution in [1.82, 2.24) is 14.7 Å². The van der Waals surface area contributed by atoms with Crippen LogP contribution in [0.4, 0.5) is 13.2 Å². The van der Waals surface area contributed by atoms with Gasteiger partial charge < -0.3 is 10.0 Å². The predicted molar refractivity (Wildman–Crippen MR) is 144 cm³/mol. The summed E-state index contributed by atoms with van der Waals surface area (Å²) in [4.78, 5) is 39.9. The summed E-state index contributed by atoms with van der Waals surface area (Å²) in [5.74, 6) is -2.52. The van der Waals surface area contributed by atoms with Crippen LogP contribution in [-0.2, 0) is 11.0 Å². The maximum absolute atomic E-state index is 14.5. The van der Waals surface area contributed by atoms with Crippen LogP contribution in [0, 0.1) is 17.8 Å². The first-order valence-electron chi connectivity index (χ1n) is 13.2. The molecule has 1 aromatic heterocycles. The van der Waals surface area contributed by atoms with E-state index >= 15 is 0 Å². The fourth-order valence-corrected chi connectivity index (χ4v) is 6.57. The Hall–Kier alpha value is -2.59. The van der Waals surface area contributed by atoms with Gasteiger partial charge in [0.25, 0.3) is 5.91 Å². The molecule has 0 atom stereocenters. The van der Waals surface area contributed by atoms with Gasteiger partial charge in [-0.25, -0.2) is 0 Å². The summed E-state index contributed by atoms with van der Waals surface area (Å²) in [7, 11) is 0. The number of hydrogen-bond acceptors (Lipinski definition) is 4. The number of carbonyl (C=O) groups is 3. The molecule has 2 aromatic rings. The molecule has 0 bridgehead atoms. The Morgan fingerprint density at radius 2 is 1.68 bits per heavy atom. The molecule has 1 aromatic carbocycles. The number of alkyl halides is 3. The van der Waals surface area contributed by atoms with Crippen molar-refractivity contribution in [1.29, 1.82) is 0 Å². The topological polar surface area (TPSA) is 92.5 Å². The van der Waals surface area contributed by atoms with Gasteiger partial charge in [0, 0.05) is 6.54 Å². The molecule has 2 fully saturated rings. The van der Waals surface area contributed by atoms with E-state index in [9.17, 15) is 32.7 Å². The number of carbonyl (C=O) groups excluding carboxylic acids is 2. The van der Waals surface area contributed by atoms with Gasteiger partial charge in [-0.15, -0.1) is 0 Å². The number of aliphatic carboxylic acids is 1. The minimum atomic E-state index is -4.91. The molecule has 2 aliphatic rings. The Labute approximate surface area is 240 Å². The average Bonchev–Trinajstić information content (AvgIpc) is 3.28. The van der Waals surface area contributed by atoms with Gasteiger partial charge in [-0.1, -0.05) is 36.5 Å². The third-order valence-corrected chi connectivity index (χ3v) is 9.03. The summed E-state index contributed by atoms with van der Waals surface area (Å²) in [6.45, 7) is 4.85. The minimum absolute atomic E-state index is 0.0147. The molecule has 2 saturated carbocycles. The number of halogens is 5. The van der Waals surface area contributed by atoms with E-state index in [4.69, 9.17) is 23.2 Å². The average molecular weight is 602 g/mol. The Kier molecular flexibility index (Phi) is 8.36. The van der Waals surface area contributed by atoms with E-state index in [-0.39, 0.29) is 53.3 Å². The maximum atomic E-state index is 14.5. The Bertz CT molecular complexity index is 1310. The number of hydrogen-bond donors (Lipinski definition) is 1. The molecule has 0 aliphatic heterocycles. The molecule has 2 aliphatic carbocycles. The zero-order valence-electron chi connectivity index (χ0n) is 22.6. The highest BCUT2D eigenvalue weighted by molar-refractivity contribution is 6.40. The normalized spacial score (nSPS) is 22.4. The smallest absolute Gasteiger partial charge is 0.433 e. The molecule has 218 valence electrons. The van der Waals surface area contributed by atoms with E-state index in [1.54, 1.807) is 26.0 Å².